The third-order valence-corrected chi connectivity index (χ3v) is 5.94. The fourth-order valence-corrected chi connectivity index (χ4v) is 3.85. The van der Waals surface area contributed by atoms with Gasteiger partial charge in [0.1, 0.15) is 5.75 Å². The number of amides is 2. The number of carbonyl (C=O) groups excluding carboxylic acids is 1. The predicted molar refractivity (Wildman–Crippen MR) is 103 cm³/mol. The van der Waals surface area contributed by atoms with Crippen LogP contribution in [0.4, 0.5) is 4.79 Å². The normalized spacial score (nSPS) is 22.4. The number of hydrogen-bond donors (Lipinski definition) is 1. The monoisotopic (exact) mass is 350 g/mol. The molecular weight excluding hydrogens is 324 g/mol. The number of nitrogens with one attached hydrogen (secondary N) is 1. The van der Waals surface area contributed by atoms with Crippen LogP contribution in [0.25, 0.3) is 0 Å². The number of carbonyl (C=O) groups is 1. The predicted octanol–water partition coefficient (Wildman–Crippen LogP) is 3.92. The van der Waals surface area contributed by atoms with Crippen LogP contribution in [0, 0.1) is 0 Å². The molecule has 136 valence electrons. The first-order valence-electron chi connectivity index (χ1n) is 9.33. The van der Waals surface area contributed by atoms with Crippen LogP contribution < -0.4 is 10.1 Å². The fourth-order valence-electron chi connectivity index (χ4n) is 3.85. The Bertz CT molecular complexity index is 768. The van der Waals surface area contributed by atoms with Crippen LogP contribution in [0.2, 0.25) is 0 Å². The van der Waals surface area contributed by atoms with E-state index in [1.807, 2.05) is 30.1 Å². The minimum Gasteiger partial charge on any atom is -0.497 e. The van der Waals surface area contributed by atoms with E-state index in [1.54, 1.807) is 7.11 Å². The number of ether oxygens (including phenoxy) is 1. The highest BCUT2D eigenvalue weighted by Crippen LogP contribution is 2.48. The van der Waals surface area contributed by atoms with Gasteiger partial charge in [0.15, 0.2) is 0 Å². The Morgan fingerprint density at radius 1 is 1.15 bits per heavy atom. The van der Waals surface area contributed by atoms with E-state index >= 15 is 0 Å². The van der Waals surface area contributed by atoms with Crippen molar-refractivity contribution < 1.29 is 9.53 Å². The topological polar surface area (TPSA) is 41.6 Å². The zero-order valence-corrected chi connectivity index (χ0v) is 15.4. The molecule has 26 heavy (non-hydrogen) atoms. The molecule has 2 aromatic carbocycles. The second-order valence-corrected chi connectivity index (χ2v) is 7.60. The van der Waals surface area contributed by atoms with E-state index in [-0.39, 0.29) is 11.4 Å². The Morgan fingerprint density at radius 3 is 2.46 bits per heavy atom. The van der Waals surface area contributed by atoms with Crippen molar-refractivity contribution in [2.45, 2.75) is 36.6 Å². The summed E-state index contributed by atoms with van der Waals surface area (Å²) < 4.78 is 5.24. The molecule has 0 spiro atoms. The van der Waals surface area contributed by atoms with Gasteiger partial charge in [0, 0.05) is 31.0 Å². The van der Waals surface area contributed by atoms with Gasteiger partial charge in [-0.1, -0.05) is 42.5 Å². The lowest BCUT2D eigenvalue weighted by Crippen LogP contribution is -2.42. The molecule has 1 N–H and O–H groups in total. The third-order valence-electron chi connectivity index (χ3n) is 5.94. The van der Waals surface area contributed by atoms with Crippen molar-refractivity contribution >= 4 is 6.03 Å². The quantitative estimate of drug-likeness (QED) is 0.858. The highest BCUT2D eigenvalue weighted by molar-refractivity contribution is 5.75. The van der Waals surface area contributed by atoms with Crippen molar-refractivity contribution in [1.29, 1.82) is 0 Å². The van der Waals surface area contributed by atoms with Gasteiger partial charge in [-0.2, -0.15) is 0 Å². The van der Waals surface area contributed by atoms with Gasteiger partial charge in [0.2, 0.25) is 0 Å². The van der Waals surface area contributed by atoms with E-state index < -0.39 is 0 Å². The number of urea groups is 1. The lowest BCUT2D eigenvalue weighted by molar-refractivity contribution is 0.205. The zero-order valence-electron chi connectivity index (χ0n) is 15.4. The minimum absolute atomic E-state index is 0.0354. The molecule has 0 bridgehead atoms. The zero-order chi connectivity index (χ0) is 18.1. The van der Waals surface area contributed by atoms with Crippen molar-refractivity contribution in [3.8, 4) is 5.75 Å². The molecule has 0 aliphatic heterocycles. The average molecular weight is 350 g/mol. The lowest BCUT2D eigenvalue weighted by Gasteiger charge is -2.22. The molecule has 2 aliphatic carbocycles. The van der Waals surface area contributed by atoms with Gasteiger partial charge in [-0.3, -0.25) is 0 Å². The number of rotatable bonds is 6. The third kappa shape index (κ3) is 3.28. The van der Waals surface area contributed by atoms with Gasteiger partial charge in [0.25, 0.3) is 0 Å². The summed E-state index contributed by atoms with van der Waals surface area (Å²) in [6, 6.07) is 19.1. The maximum absolute atomic E-state index is 12.6. The summed E-state index contributed by atoms with van der Waals surface area (Å²) in [5.41, 5.74) is 2.72. The molecule has 2 amide bonds. The smallest absolute Gasteiger partial charge is 0.317 e. The Morgan fingerprint density at radius 2 is 1.85 bits per heavy atom. The second kappa shape index (κ2) is 6.67. The molecule has 2 atom stereocenters. The fraction of sp³-hybridized carbons (Fsp3) is 0.409. The molecule has 0 radical (unpaired) electrons. The number of likely N-dealkylation sites (N-methyl/N-ethyl adjacent to an activating group) is 1. The molecule has 4 nitrogen and oxygen atoms in total. The van der Waals surface area contributed by atoms with Crippen LogP contribution in [0.3, 0.4) is 0 Å². The first-order valence-corrected chi connectivity index (χ1v) is 9.33. The van der Waals surface area contributed by atoms with E-state index in [0.29, 0.717) is 18.5 Å². The lowest BCUT2D eigenvalue weighted by atomic mass is 9.96. The summed E-state index contributed by atoms with van der Waals surface area (Å²) >= 11 is 0. The Kier molecular flexibility index (Phi) is 4.35. The second-order valence-electron chi connectivity index (χ2n) is 7.60. The molecule has 0 saturated heterocycles. The summed E-state index contributed by atoms with van der Waals surface area (Å²) in [6.45, 7) is 0.700. The largest absolute Gasteiger partial charge is 0.497 e. The number of nitrogens with zero attached hydrogens (tertiary/aromatic N) is 1. The van der Waals surface area contributed by atoms with Gasteiger partial charge < -0.3 is 15.0 Å². The highest BCUT2D eigenvalue weighted by atomic mass is 16.5. The summed E-state index contributed by atoms with van der Waals surface area (Å²) in [4.78, 5) is 14.5. The average Bonchev–Trinajstić information content (AvgIpc) is 3.61. The number of hydrogen-bond acceptors (Lipinski definition) is 2. The first kappa shape index (κ1) is 17.0. The maximum atomic E-state index is 12.6. The van der Waals surface area contributed by atoms with E-state index in [0.717, 1.165) is 25.0 Å². The molecule has 4 heteroatoms. The summed E-state index contributed by atoms with van der Waals surface area (Å²) in [6.07, 6.45) is 3.30. The van der Waals surface area contributed by atoms with E-state index in [9.17, 15) is 4.79 Å². The molecule has 2 aromatic rings. The maximum Gasteiger partial charge on any atom is 0.317 e. The molecule has 2 fully saturated rings. The SMILES string of the molecule is COc1ccc(C2(CNC(=O)N(C)[C@H]3C[C@@H]3c3ccccc3)CC2)cc1. The molecule has 0 aromatic heterocycles. The molecule has 0 unspecified atom stereocenters. The van der Waals surface area contributed by atoms with E-state index in [2.05, 4.69) is 41.7 Å². The minimum atomic E-state index is 0.0354. The molecule has 2 aliphatic rings. The summed E-state index contributed by atoms with van der Waals surface area (Å²) in [5, 5.41) is 3.16. The Hall–Kier alpha value is -2.49. The standard InChI is InChI=1S/C22H26N2O2/c1-24(20-14-19(20)16-6-4-3-5-7-16)21(25)23-15-22(12-13-22)17-8-10-18(26-2)11-9-17/h3-11,19-20H,12-15H2,1-2H3,(H,23,25)/t19-,20+/m1/s1. The van der Waals surface area contributed by atoms with Crippen molar-refractivity contribution in [1.82, 2.24) is 10.2 Å². The van der Waals surface area contributed by atoms with Crippen LogP contribution in [-0.4, -0.2) is 37.7 Å². The van der Waals surface area contributed by atoms with Gasteiger partial charge in [0.05, 0.1) is 7.11 Å². The Balaban J connectivity index is 1.32. The van der Waals surface area contributed by atoms with Gasteiger partial charge in [-0.25, -0.2) is 4.79 Å². The van der Waals surface area contributed by atoms with Crippen LogP contribution in [0.15, 0.2) is 54.6 Å². The number of benzene rings is 2. The summed E-state index contributed by atoms with van der Waals surface area (Å²) in [7, 11) is 3.59. The molecule has 0 heterocycles. The van der Waals surface area contributed by atoms with Crippen LogP contribution in [-0.2, 0) is 5.41 Å². The Labute approximate surface area is 155 Å². The molecule has 2 saturated carbocycles. The van der Waals surface area contributed by atoms with Gasteiger partial charge >= 0.3 is 6.03 Å². The van der Waals surface area contributed by atoms with E-state index in [1.165, 1.54) is 11.1 Å². The van der Waals surface area contributed by atoms with Crippen LogP contribution in [0.5, 0.6) is 5.75 Å². The van der Waals surface area contributed by atoms with E-state index in [4.69, 9.17) is 4.74 Å². The van der Waals surface area contributed by atoms with Crippen molar-refractivity contribution in [2.75, 3.05) is 20.7 Å². The number of methoxy groups -OCH3 is 1. The van der Waals surface area contributed by atoms with Crippen molar-refractivity contribution in [2.24, 2.45) is 0 Å². The highest BCUT2D eigenvalue weighted by Gasteiger charge is 2.46. The van der Waals surface area contributed by atoms with Crippen LogP contribution >= 0.6 is 0 Å². The first-order chi connectivity index (χ1) is 12.6. The van der Waals surface area contributed by atoms with Crippen molar-refractivity contribution in [3.05, 3.63) is 65.7 Å². The van der Waals surface area contributed by atoms with Gasteiger partial charge in [-0.15, -0.1) is 0 Å². The summed E-state index contributed by atoms with van der Waals surface area (Å²) in [5.74, 6) is 1.34. The van der Waals surface area contributed by atoms with Gasteiger partial charge in [-0.05, 0) is 42.5 Å². The van der Waals surface area contributed by atoms with Crippen LogP contribution in [0.1, 0.15) is 36.3 Å². The molecular formula is C22H26N2O2. The molecule has 4 rings (SSSR count). The van der Waals surface area contributed by atoms with Crippen molar-refractivity contribution in [3.63, 3.8) is 0 Å².